The molecule has 6 heteroatoms. The van der Waals surface area contributed by atoms with Crippen molar-refractivity contribution < 1.29 is 8.42 Å². The molecule has 0 saturated heterocycles. The number of hydrogen-bond donors (Lipinski definition) is 1. The Kier molecular flexibility index (Phi) is 4.10. The summed E-state index contributed by atoms with van der Waals surface area (Å²) < 4.78 is 28.0. The first-order valence-corrected chi connectivity index (χ1v) is 10.1. The largest absolute Gasteiger partial charge is 0.316 e. The average molecular weight is 375 g/mol. The smallest absolute Gasteiger partial charge is 0.268 e. The van der Waals surface area contributed by atoms with Crippen molar-refractivity contribution in [3.63, 3.8) is 0 Å². The van der Waals surface area contributed by atoms with E-state index in [1.165, 1.54) is 9.54 Å². The number of fused-ring (bicyclic) bond motifs is 2. The number of halogens is 1. The van der Waals surface area contributed by atoms with Crippen molar-refractivity contribution in [3.05, 3.63) is 64.3 Å². The van der Waals surface area contributed by atoms with Crippen LogP contribution in [-0.2, 0) is 22.9 Å². The van der Waals surface area contributed by atoms with Gasteiger partial charge in [0, 0.05) is 16.1 Å². The SMILES string of the molecule is Cc1cc2cc(Cl)ccc2n1S(=O)(=O)c1ccc2c(c1)CCNCC2. The fourth-order valence-corrected chi connectivity index (χ4v) is 5.31. The Morgan fingerprint density at radius 2 is 1.76 bits per heavy atom. The third-order valence-electron chi connectivity index (χ3n) is 4.75. The van der Waals surface area contributed by atoms with E-state index in [4.69, 9.17) is 11.6 Å². The first kappa shape index (κ1) is 16.6. The molecule has 1 N–H and O–H groups in total. The molecule has 0 aliphatic carbocycles. The highest BCUT2D eigenvalue weighted by atomic mass is 35.5. The summed E-state index contributed by atoms with van der Waals surface area (Å²) in [6, 6.07) is 12.6. The zero-order valence-electron chi connectivity index (χ0n) is 13.9. The number of nitrogens with zero attached hydrogens (tertiary/aromatic N) is 1. The van der Waals surface area contributed by atoms with Crippen LogP contribution in [0, 0.1) is 6.92 Å². The molecule has 130 valence electrons. The Morgan fingerprint density at radius 1 is 1.00 bits per heavy atom. The van der Waals surface area contributed by atoms with Crippen LogP contribution < -0.4 is 5.32 Å². The molecule has 4 rings (SSSR count). The van der Waals surface area contributed by atoms with Crippen LogP contribution in [0.4, 0.5) is 0 Å². The van der Waals surface area contributed by atoms with Gasteiger partial charge in [-0.1, -0.05) is 17.7 Å². The molecule has 0 atom stereocenters. The molecule has 1 aliphatic heterocycles. The van der Waals surface area contributed by atoms with Crippen LogP contribution in [0.1, 0.15) is 16.8 Å². The lowest BCUT2D eigenvalue weighted by molar-refractivity contribution is 0.588. The zero-order valence-corrected chi connectivity index (χ0v) is 15.5. The van der Waals surface area contributed by atoms with Crippen LogP contribution in [-0.4, -0.2) is 25.5 Å². The molecule has 3 aromatic rings. The van der Waals surface area contributed by atoms with E-state index in [-0.39, 0.29) is 0 Å². The number of benzene rings is 2. The van der Waals surface area contributed by atoms with E-state index in [1.807, 2.05) is 18.2 Å². The second-order valence-electron chi connectivity index (χ2n) is 6.44. The number of hydrogen-bond acceptors (Lipinski definition) is 3. The first-order valence-electron chi connectivity index (χ1n) is 8.32. The summed E-state index contributed by atoms with van der Waals surface area (Å²) in [5.41, 5.74) is 3.67. The van der Waals surface area contributed by atoms with Crippen LogP contribution in [0.3, 0.4) is 0 Å². The molecule has 4 nitrogen and oxygen atoms in total. The summed E-state index contributed by atoms with van der Waals surface area (Å²) in [5.74, 6) is 0. The minimum atomic E-state index is -3.66. The molecule has 0 unspecified atom stereocenters. The summed E-state index contributed by atoms with van der Waals surface area (Å²) in [5, 5.41) is 4.77. The lowest BCUT2D eigenvalue weighted by atomic mass is 10.0. The molecule has 1 aromatic heterocycles. The molecule has 2 heterocycles. The topological polar surface area (TPSA) is 51.1 Å². The van der Waals surface area contributed by atoms with Gasteiger partial charge < -0.3 is 5.32 Å². The Morgan fingerprint density at radius 3 is 2.56 bits per heavy atom. The van der Waals surface area contributed by atoms with Crippen molar-refractivity contribution in [1.82, 2.24) is 9.29 Å². The summed E-state index contributed by atoms with van der Waals surface area (Å²) in [6.07, 6.45) is 1.78. The van der Waals surface area contributed by atoms with Crippen molar-refractivity contribution >= 4 is 32.5 Å². The fourth-order valence-electron chi connectivity index (χ4n) is 3.53. The van der Waals surface area contributed by atoms with E-state index in [0.717, 1.165) is 36.9 Å². The van der Waals surface area contributed by atoms with E-state index < -0.39 is 10.0 Å². The highest BCUT2D eigenvalue weighted by Gasteiger charge is 2.23. The van der Waals surface area contributed by atoms with E-state index >= 15 is 0 Å². The molecular weight excluding hydrogens is 356 g/mol. The lowest BCUT2D eigenvalue weighted by Crippen LogP contribution is -2.16. The minimum absolute atomic E-state index is 0.337. The molecule has 1 aliphatic rings. The van der Waals surface area contributed by atoms with E-state index in [0.29, 0.717) is 21.1 Å². The normalized spacial score (nSPS) is 15.1. The number of aromatic nitrogens is 1. The van der Waals surface area contributed by atoms with Gasteiger partial charge in [-0.25, -0.2) is 12.4 Å². The van der Waals surface area contributed by atoms with Crippen molar-refractivity contribution in [2.24, 2.45) is 0 Å². The molecular formula is C19H19ClN2O2S. The monoisotopic (exact) mass is 374 g/mol. The molecule has 25 heavy (non-hydrogen) atoms. The average Bonchev–Trinajstić information content (AvgIpc) is 2.75. The number of nitrogens with one attached hydrogen (secondary N) is 1. The second-order valence-corrected chi connectivity index (χ2v) is 8.66. The highest BCUT2D eigenvalue weighted by Crippen LogP contribution is 2.28. The van der Waals surface area contributed by atoms with Gasteiger partial charge in [0.2, 0.25) is 0 Å². The molecule has 0 radical (unpaired) electrons. The van der Waals surface area contributed by atoms with Crippen molar-refractivity contribution in [1.29, 1.82) is 0 Å². The standard InChI is InChI=1S/C19H19ClN2O2S/c1-13-10-16-11-17(20)3-5-19(16)22(13)25(23,24)18-4-2-14-6-8-21-9-7-15(14)12-18/h2-5,10-12,21H,6-9H2,1H3. The molecule has 0 amide bonds. The maximum absolute atomic E-state index is 13.3. The van der Waals surface area contributed by atoms with Gasteiger partial charge in [0.1, 0.15) is 0 Å². The van der Waals surface area contributed by atoms with Crippen LogP contribution in [0.5, 0.6) is 0 Å². The third kappa shape index (κ3) is 2.86. The number of aryl methyl sites for hydroxylation is 1. The fraction of sp³-hybridized carbons (Fsp3) is 0.263. The predicted molar refractivity (Wildman–Crippen MR) is 101 cm³/mol. The summed E-state index contributed by atoms with van der Waals surface area (Å²) in [6.45, 7) is 3.61. The maximum atomic E-state index is 13.3. The molecule has 2 aromatic carbocycles. The lowest BCUT2D eigenvalue weighted by Gasteiger charge is -2.13. The Bertz CT molecular complexity index is 1070. The molecule has 0 saturated carbocycles. The van der Waals surface area contributed by atoms with Gasteiger partial charge in [-0.2, -0.15) is 0 Å². The van der Waals surface area contributed by atoms with E-state index in [1.54, 1.807) is 31.2 Å². The van der Waals surface area contributed by atoms with Gasteiger partial charge in [-0.15, -0.1) is 0 Å². The van der Waals surface area contributed by atoms with Gasteiger partial charge in [-0.3, -0.25) is 0 Å². The van der Waals surface area contributed by atoms with Crippen molar-refractivity contribution in [2.75, 3.05) is 13.1 Å². The zero-order chi connectivity index (χ0) is 17.6. The van der Waals surface area contributed by atoms with Crippen molar-refractivity contribution in [3.8, 4) is 0 Å². The predicted octanol–water partition coefficient (Wildman–Crippen LogP) is 3.53. The maximum Gasteiger partial charge on any atom is 0.268 e. The van der Waals surface area contributed by atoms with Gasteiger partial charge in [0.15, 0.2) is 0 Å². The second kappa shape index (κ2) is 6.16. The molecule has 0 fully saturated rings. The molecule has 0 spiro atoms. The highest BCUT2D eigenvalue weighted by molar-refractivity contribution is 7.90. The Balaban J connectivity index is 1.88. The van der Waals surface area contributed by atoms with Crippen LogP contribution in [0.2, 0.25) is 5.02 Å². The summed E-state index contributed by atoms with van der Waals surface area (Å²) in [4.78, 5) is 0.337. The quantitative estimate of drug-likeness (QED) is 0.746. The van der Waals surface area contributed by atoms with Gasteiger partial charge in [0.25, 0.3) is 10.0 Å². The van der Waals surface area contributed by atoms with Crippen LogP contribution >= 0.6 is 11.6 Å². The first-order chi connectivity index (χ1) is 12.0. The Labute approximate surface area is 152 Å². The van der Waals surface area contributed by atoms with Gasteiger partial charge in [0.05, 0.1) is 10.4 Å². The minimum Gasteiger partial charge on any atom is -0.316 e. The van der Waals surface area contributed by atoms with Gasteiger partial charge in [-0.05, 0) is 80.4 Å². The van der Waals surface area contributed by atoms with E-state index in [9.17, 15) is 8.42 Å². The summed E-state index contributed by atoms with van der Waals surface area (Å²) >= 11 is 6.04. The third-order valence-corrected chi connectivity index (χ3v) is 6.80. The molecule has 0 bridgehead atoms. The number of rotatable bonds is 2. The summed E-state index contributed by atoms with van der Waals surface area (Å²) in [7, 11) is -3.66. The van der Waals surface area contributed by atoms with Gasteiger partial charge >= 0.3 is 0 Å². The van der Waals surface area contributed by atoms with E-state index in [2.05, 4.69) is 5.32 Å². The van der Waals surface area contributed by atoms with Crippen LogP contribution in [0.25, 0.3) is 10.9 Å². The van der Waals surface area contributed by atoms with Crippen molar-refractivity contribution in [2.45, 2.75) is 24.7 Å². The van der Waals surface area contributed by atoms with Crippen LogP contribution in [0.15, 0.2) is 47.4 Å². The Hall–Kier alpha value is -1.82.